The lowest BCUT2D eigenvalue weighted by atomic mass is 10.1. The van der Waals surface area contributed by atoms with Crippen LogP contribution in [-0.4, -0.2) is 25.1 Å². The van der Waals surface area contributed by atoms with Crippen molar-refractivity contribution in [3.05, 3.63) is 82.0 Å². The molecule has 3 heterocycles. The van der Waals surface area contributed by atoms with E-state index >= 15 is 0 Å². The van der Waals surface area contributed by atoms with E-state index < -0.39 is 23.8 Å². The fraction of sp³-hybridized carbons (Fsp3) is 0.190. The summed E-state index contributed by atoms with van der Waals surface area (Å²) in [5.41, 5.74) is 0.693. The standard InChI is InChI=1S/C21H17BrF3N5O/c1-12-10-16(21(23,24)25)30-19(26-12)17(22)18(28-30)20(31)27-13(2)14-6-5-7-15(11-14)29-8-3-4-9-29/h3-11,13H,1-2H3,(H,27,31). The number of carbonyl (C=O) groups excluding carboxylic acids is 1. The molecule has 0 saturated heterocycles. The van der Waals surface area contributed by atoms with Crippen molar-refractivity contribution < 1.29 is 18.0 Å². The zero-order valence-corrected chi connectivity index (χ0v) is 18.1. The molecule has 0 aliphatic carbocycles. The van der Waals surface area contributed by atoms with E-state index in [1.54, 1.807) is 6.92 Å². The first kappa shape index (κ1) is 21.1. The molecule has 31 heavy (non-hydrogen) atoms. The molecule has 1 amide bonds. The molecule has 0 bridgehead atoms. The zero-order valence-electron chi connectivity index (χ0n) is 16.5. The minimum Gasteiger partial charge on any atom is -0.344 e. The highest BCUT2D eigenvalue weighted by Gasteiger charge is 2.36. The number of aromatic nitrogens is 4. The van der Waals surface area contributed by atoms with Crippen LogP contribution in [0.2, 0.25) is 0 Å². The van der Waals surface area contributed by atoms with E-state index in [9.17, 15) is 18.0 Å². The Hall–Kier alpha value is -3.14. The number of fused-ring (bicyclic) bond motifs is 1. The molecule has 1 aromatic carbocycles. The van der Waals surface area contributed by atoms with Crippen LogP contribution in [0.1, 0.15) is 40.4 Å². The lowest BCUT2D eigenvalue weighted by Gasteiger charge is -2.15. The van der Waals surface area contributed by atoms with Gasteiger partial charge in [-0.05, 0) is 65.7 Å². The number of rotatable bonds is 4. The van der Waals surface area contributed by atoms with Gasteiger partial charge in [0.2, 0.25) is 0 Å². The Morgan fingerprint density at radius 1 is 1.16 bits per heavy atom. The molecule has 0 saturated carbocycles. The molecule has 1 unspecified atom stereocenters. The van der Waals surface area contributed by atoms with Gasteiger partial charge in [-0.15, -0.1) is 0 Å². The van der Waals surface area contributed by atoms with Gasteiger partial charge in [-0.3, -0.25) is 4.79 Å². The first-order valence-electron chi connectivity index (χ1n) is 9.32. The first-order valence-corrected chi connectivity index (χ1v) is 10.1. The molecule has 6 nitrogen and oxygen atoms in total. The largest absolute Gasteiger partial charge is 0.433 e. The van der Waals surface area contributed by atoms with Gasteiger partial charge in [0.1, 0.15) is 5.69 Å². The van der Waals surface area contributed by atoms with E-state index in [2.05, 4.69) is 31.3 Å². The number of halogens is 4. The van der Waals surface area contributed by atoms with Crippen molar-refractivity contribution in [2.75, 3.05) is 0 Å². The Morgan fingerprint density at radius 2 is 1.87 bits per heavy atom. The van der Waals surface area contributed by atoms with Crippen molar-refractivity contribution in [3.63, 3.8) is 0 Å². The van der Waals surface area contributed by atoms with Crippen molar-refractivity contribution in [1.29, 1.82) is 0 Å². The van der Waals surface area contributed by atoms with Crippen LogP contribution in [0.3, 0.4) is 0 Å². The number of amides is 1. The molecule has 4 aromatic rings. The van der Waals surface area contributed by atoms with E-state index in [1.807, 2.05) is 53.4 Å². The summed E-state index contributed by atoms with van der Waals surface area (Å²) in [5.74, 6) is -0.609. The molecule has 0 aliphatic heterocycles. The van der Waals surface area contributed by atoms with Gasteiger partial charge in [0.05, 0.1) is 10.5 Å². The van der Waals surface area contributed by atoms with Crippen LogP contribution in [0.25, 0.3) is 11.3 Å². The SMILES string of the molecule is Cc1cc(C(F)(F)F)n2nc(C(=O)NC(C)c3cccc(-n4cccc4)c3)c(Br)c2n1. The highest BCUT2D eigenvalue weighted by Crippen LogP contribution is 2.32. The van der Waals surface area contributed by atoms with Crippen molar-refractivity contribution >= 4 is 27.5 Å². The number of carbonyl (C=O) groups is 1. The molecule has 0 spiro atoms. The third-order valence-corrected chi connectivity index (χ3v) is 5.52. The average molecular weight is 492 g/mol. The number of nitrogens with zero attached hydrogens (tertiary/aromatic N) is 4. The number of hydrogen-bond donors (Lipinski definition) is 1. The molecule has 0 aliphatic rings. The smallest absolute Gasteiger partial charge is 0.344 e. The monoisotopic (exact) mass is 491 g/mol. The molecule has 0 radical (unpaired) electrons. The van der Waals surface area contributed by atoms with Gasteiger partial charge in [-0.2, -0.15) is 18.3 Å². The summed E-state index contributed by atoms with van der Waals surface area (Å²) in [6.07, 6.45) is -0.829. The Kier molecular flexibility index (Phi) is 5.34. The van der Waals surface area contributed by atoms with Crippen LogP contribution >= 0.6 is 15.9 Å². The van der Waals surface area contributed by atoms with Crippen molar-refractivity contribution in [2.24, 2.45) is 0 Å². The van der Waals surface area contributed by atoms with Crippen LogP contribution in [0.5, 0.6) is 0 Å². The fourth-order valence-corrected chi connectivity index (χ4v) is 3.79. The van der Waals surface area contributed by atoms with Gasteiger partial charge < -0.3 is 9.88 Å². The number of benzene rings is 1. The van der Waals surface area contributed by atoms with Crippen LogP contribution < -0.4 is 5.32 Å². The Labute approximate surface area is 183 Å². The van der Waals surface area contributed by atoms with Crippen molar-refractivity contribution in [1.82, 2.24) is 24.5 Å². The predicted molar refractivity (Wildman–Crippen MR) is 112 cm³/mol. The molecular formula is C21H17BrF3N5O. The lowest BCUT2D eigenvalue weighted by Crippen LogP contribution is -2.27. The summed E-state index contributed by atoms with van der Waals surface area (Å²) >= 11 is 3.19. The summed E-state index contributed by atoms with van der Waals surface area (Å²) in [6.45, 7) is 3.24. The maximum atomic E-state index is 13.4. The maximum absolute atomic E-state index is 13.4. The number of hydrogen-bond acceptors (Lipinski definition) is 3. The molecule has 160 valence electrons. The second-order valence-corrected chi connectivity index (χ2v) is 7.85. The highest BCUT2D eigenvalue weighted by atomic mass is 79.9. The second kappa shape index (κ2) is 7.84. The summed E-state index contributed by atoms with van der Waals surface area (Å²) in [7, 11) is 0. The van der Waals surface area contributed by atoms with Gasteiger partial charge >= 0.3 is 6.18 Å². The molecule has 1 atom stereocenters. The zero-order chi connectivity index (χ0) is 22.3. The van der Waals surface area contributed by atoms with E-state index in [4.69, 9.17) is 0 Å². The van der Waals surface area contributed by atoms with Crippen molar-refractivity contribution in [3.8, 4) is 5.69 Å². The Balaban J connectivity index is 1.65. The molecule has 1 N–H and O–H groups in total. The fourth-order valence-electron chi connectivity index (χ4n) is 3.27. The molecule has 4 rings (SSSR count). The van der Waals surface area contributed by atoms with Crippen LogP contribution in [0.15, 0.2) is 59.3 Å². The van der Waals surface area contributed by atoms with Gasteiger partial charge in [0, 0.05) is 23.8 Å². The van der Waals surface area contributed by atoms with Crippen LogP contribution in [0.4, 0.5) is 13.2 Å². The van der Waals surface area contributed by atoms with Gasteiger partial charge in [0.15, 0.2) is 11.3 Å². The Bertz CT molecular complexity index is 1260. The van der Waals surface area contributed by atoms with Gasteiger partial charge in [-0.25, -0.2) is 9.50 Å². The summed E-state index contributed by atoms with van der Waals surface area (Å²) in [4.78, 5) is 16.9. The number of alkyl halides is 3. The average Bonchev–Trinajstić information content (AvgIpc) is 3.36. The van der Waals surface area contributed by atoms with Gasteiger partial charge in [0.25, 0.3) is 5.91 Å². The van der Waals surface area contributed by atoms with Crippen LogP contribution in [0, 0.1) is 6.92 Å². The molecule has 10 heteroatoms. The normalized spacial score (nSPS) is 12.8. The third kappa shape index (κ3) is 4.07. The minimum absolute atomic E-state index is 0.0697. The van der Waals surface area contributed by atoms with E-state index in [0.29, 0.717) is 4.52 Å². The quantitative estimate of drug-likeness (QED) is 0.431. The van der Waals surface area contributed by atoms with E-state index in [-0.39, 0.29) is 21.5 Å². The lowest BCUT2D eigenvalue weighted by molar-refractivity contribution is -0.142. The van der Waals surface area contributed by atoms with E-state index in [0.717, 1.165) is 17.3 Å². The summed E-state index contributed by atoms with van der Waals surface area (Å²) in [5, 5.41) is 6.69. The van der Waals surface area contributed by atoms with Crippen LogP contribution in [-0.2, 0) is 6.18 Å². The second-order valence-electron chi connectivity index (χ2n) is 7.06. The van der Waals surface area contributed by atoms with E-state index in [1.165, 1.54) is 6.92 Å². The van der Waals surface area contributed by atoms with Crippen molar-refractivity contribution in [2.45, 2.75) is 26.1 Å². The third-order valence-electron chi connectivity index (χ3n) is 4.79. The van der Waals surface area contributed by atoms with Gasteiger partial charge in [-0.1, -0.05) is 12.1 Å². The maximum Gasteiger partial charge on any atom is 0.433 e. The minimum atomic E-state index is -4.64. The number of nitrogens with one attached hydrogen (secondary N) is 1. The molecule has 0 fully saturated rings. The number of aryl methyl sites for hydroxylation is 1. The first-order chi connectivity index (χ1) is 14.6. The molecule has 3 aromatic heterocycles. The summed E-state index contributed by atoms with van der Waals surface area (Å²) in [6, 6.07) is 11.9. The topological polar surface area (TPSA) is 64.2 Å². The molecular weight excluding hydrogens is 475 g/mol. The summed E-state index contributed by atoms with van der Waals surface area (Å²) < 4.78 is 42.9. The Morgan fingerprint density at radius 3 is 2.55 bits per heavy atom. The predicted octanol–water partition coefficient (Wildman–Crippen LogP) is 5.10. The highest BCUT2D eigenvalue weighted by molar-refractivity contribution is 9.10.